The lowest BCUT2D eigenvalue weighted by Gasteiger charge is -2.19. The van der Waals surface area contributed by atoms with Crippen LogP contribution in [0, 0.1) is 0 Å². The summed E-state index contributed by atoms with van der Waals surface area (Å²) in [6, 6.07) is 6.55. The maximum Gasteiger partial charge on any atom is 0.259 e. The topological polar surface area (TPSA) is 69.6 Å². The van der Waals surface area contributed by atoms with Crippen molar-refractivity contribution in [1.29, 1.82) is 0 Å². The Balaban J connectivity index is 2.57. The molecule has 0 aliphatic heterocycles. The Morgan fingerprint density at radius 1 is 1.30 bits per heavy atom. The summed E-state index contributed by atoms with van der Waals surface area (Å²) in [5.74, 6) is -0.919. The maximum atomic E-state index is 11.9. The summed E-state index contributed by atoms with van der Waals surface area (Å²) in [7, 11) is 0. The third kappa shape index (κ3) is 5.28. The van der Waals surface area contributed by atoms with Crippen LogP contribution in [-0.2, 0) is 4.79 Å². The van der Waals surface area contributed by atoms with Crippen molar-refractivity contribution in [1.82, 2.24) is 10.2 Å². The van der Waals surface area contributed by atoms with Crippen molar-refractivity contribution in [3.63, 3.8) is 0 Å². The van der Waals surface area contributed by atoms with Crippen LogP contribution in [0.2, 0.25) is 5.02 Å². The van der Waals surface area contributed by atoms with Crippen molar-refractivity contribution in [3.8, 4) is 0 Å². The molecular weight excluding hydrogens is 280 g/mol. The van der Waals surface area contributed by atoms with Gasteiger partial charge in [0.15, 0.2) is 0 Å². The molecule has 20 heavy (non-hydrogen) atoms. The summed E-state index contributed by atoms with van der Waals surface area (Å²) < 4.78 is 0. The Hall–Kier alpha value is -1.43. The van der Waals surface area contributed by atoms with E-state index in [2.05, 4.69) is 5.32 Å². The largest absolute Gasteiger partial charge is 0.395 e. The number of hydrogen-bond donors (Lipinski definition) is 2. The number of aliphatic hydroxyl groups excluding tert-OH is 1. The summed E-state index contributed by atoms with van der Waals surface area (Å²) in [6.07, 6.45) is 0.867. The minimum atomic E-state index is -0.513. The van der Waals surface area contributed by atoms with E-state index >= 15 is 0 Å². The maximum absolute atomic E-state index is 11.9. The average Bonchev–Trinajstić information content (AvgIpc) is 2.39. The predicted molar refractivity (Wildman–Crippen MR) is 77.7 cm³/mol. The van der Waals surface area contributed by atoms with Gasteiger partial charge in [-0.25, -0.2) is 0 Å². The van der Waals surface area contributed by atoms with Gasteiger partial charge in [-0.1, -0.05) is 30.7 Å². The molecule has 0 fully saturated rings. The number of benzene rings is 1. The van der Waals surface area contributed by atoms with Crippen molar-refractivity contribution in [2.75, 3.05) is 26.2 Å². The second kappa shape index (κ2) is 8.68. The smallest absolute Gasteiger partial charge is 0.259 e. The van der Waals surface area contributed by atoms with E-state index in [-0.39, 0.29) is 18.7 Å². The Labute approximate surface area is 123 Å². The van der Waals surface area contributed by atoms with Crippen LogP contribution in [0.5, 0.6) is 0 Å². The fourth-order valence-corrected chi connectivity index (χ4v) is 2.03. The van der Waals surface area contributed by atoms with Crippen LogP contribution < -0.4 is 5.32 Å². The summed E-state index contributed by atoms with van der Waals surface area (Å²) in [4.78, 5) is 25.5. The fourth-order valence-electron chi connectivity index (χ4n) is 1.81. The van der Waals surface area contributed by atoms with Crippen molar-refractivity contribution in [2.45, 2.75) is 13.3 Å². The summed E-state index contributed by atoms with van der Waals surface area (Å²) in [5, 5.41) is 11.5. The fraction of sp³-hybridized carbons (Fsp3) is 0.429. The van der Waals surface area contributed by atoms with Gasteiger partial charge in [-0.3, -0.25) is 19.8 Å². The van der Waals surface area contributed by atoms with Crippen molar-refractivity contribution < 1.29 is 14.7 Å². The Bertz CT molecular complexity index is 459. The molecule has 0 aromatic heterocycles. The molecule has 0 aliphatic carbocycles. The molecule has 1 aromatic rings. The van der Waals surface area contributed by atoms with Gasteiger partial charge < -0.3 is 5.11 Å². The van der Waals surface area contributed by atoms with Gasteiger partial charge in [0.2, 0.25) is 5.91 Å². The van der Waals surface area contributed by atoms with E-state index in [4.69, 9.17) is 16.7 Å². The molecule has 0 aliphatic rings. The minimum absolute atomic E-state index is 0.0221. The van der Waals surface area contributed by atoms with E-state index in [1.165, 1.54) is 0 Å². The lowest BCUT2D eigenvalue weighted by atomic mass is 10.2. The van der Waals surface area contributed by atoms with Gasteiger partial charge in [0.25, 0.3) is 5.91 Å². The molecule has 1 aromatic carbocycles. The quantitative estimate of drug-likeness (QED) is 0.796. The number of rotatable bonds is 7. The van der Waals surface area contributed by atoms with Crippen LogP contribution in [0.3, 0.4) is 0 Å². The van der Waals surface area contributed by atoms with Crippen LogP contribution in [0.15, 0.2) is 24.3 Å². The number of nitrogens with zero attached hydrogens (tertiary/aromatic N) is 1. The van der Waals surface area contributed by atoms with Crippen molar-refractivity contribution in [3.05, 3.63) is 34.9 Å². The number of nitrogens with one attached hydrogen (secondary N) is 1. The first kappa shape index (κ1) is 16.6. The predicted octanol–water partition coefficient (Wildman–Crippen LogP) is 1.30. The molecule has 2 N–H and O–H groups in total. The number of halogens is 1. The molecule has 6 heteroatoms. The van der Waals surface area contributed by atoms with Gasteiger partial charge in [-0.2, -0.15) is 0 Å². The highest BCUT2D eigenvalue weighted by molar-refractivity contribution is 6.34. The van der Waals surface area contributed by atoms with Gasteiger partial charge >= 0.3 is 0 Å². The molecule has 0 spiro atoms. The van der Waals surface area contributed by atoms with Crippen LogP contribution in [0.4, 0.5) is 0 Å². The van der Waals surface area contributed by atoms with Crippen LogP contribution in [-0.4, -0.2) is 48.1 Å². The van der Waals surface area contributed by atoms with E-state index in [0.717, 1.165) is 6.42 Å². The number of aliphatic hydroxyl groups is 1. The lowest BCUT2D eigenvalue weighted by Crippen LogP contribution is -2.41. The van der Waals surface area contributed by atoms with Gasteiger partial charge in [0.05, 0.1) is 23.7 Å². The summed E-state index contributed by atoms with van der Waals surface area (Å²) in [5.41, 5.74) is 0.270. The molecule has 0 radical (unpaired) electrons. The molecule has 5 nitrogen and oxygen atoms in total. The van der Waals surface area contributed by atoms with E-state index in [1.807, 2.05) is 6.92 Å². The molecule has 1 rings (SSSR count). The zero-order valence-corrected chi connectivity index (χ0v) is 12.2. The average molecular weight is 299 g/mol. The zero-order valence-electron chi connectivity index (χ0n) is 11.4. The van der Waals surface area contributed by atoms with Crippen LogP contribution in [0.1, 0.15) is 23.7 Å². The first-order valence-electron chi connectivity index (χ1n) is 6.50. The molecule has 0 atom stereocenters. The third-order valence-electron chi connectivity index (χ3n) is 2.69. The monoisotopic (exact) mass is 298 g/mol. The number of carbonyl (C=O) groups is 2. The molecule has 0 heterocycles. The van der Waals surface area contributed by atoms with Gasteiger partial charge in [0.1, 0.15) is 0 Å². The molecule has 0 saturated heterocycles. The van der Waals surface area contributed by atoms with Gasteiger partial charge in [0, 0.05) is 6.54 Å². The third-order valence-corrected chi connectivity index (χ3v) is 3.02. The SMILES string of the molecule is CCCN(CCO)CC(=O)NC(=O)c1ccccc1Cl. The summed E-state index contributed by atoms with van der Waals surface area (Å²) >= 11 is 5.89. The highest BCUT2D eigenvalue weighted by Crippen LogP contribution is 2.14. The second-order valence-electron chi connectivity index (χ2n) is 4.36. The second-order valence-corrected chi connectivity index (χ2v) is 4.76. The first-order chi connectivity index (χ1) is 9.58. The van der Waals surface area contributed by atoms with Crippen LogP contribution >= 0.6 is 11.6 Å². The minimum Gasteiger partial charge on any atom is -0.395 e. The number of hydrogen-bond acceptors (Lipinski definition) is 4. The number of carbonyl (C=O) groups excluding carboxylic acids is 2. The highest BCUT2D eigenvalue weighted by Gasteiger charge is 2.15. The van der Waals surface area contributed by atoms with Gasteiger partial charge in [-0.05, 0) is 25.1 Å². The molecule has 0 unspecified atom stereocenters. The van der Waals surface area contributed by atoms with E-state index in [1.54, 1.807) is 29.2 Å². The summed E-state index contributed by atoms with van der Waals surface area (Å²) in [6.45, 7) is 3.13. The normalized spacial score (nSPS) is 10.6. The Morgan fingerprint density at radius 2 is 2.00 bits per heavy atom. The highest BCUT2D eigenvalue weighted by atomic mass is 35.5. The zero-order chi connectivity index (χ0) is 15.0. The molecule has 2 amide bonds. The first-order valence-corrected chi connectivity index (χ1v) is 6.88. The van der Waals surface area contributed by atoms with Crippen molar-refractivity contribution in [2.24, 2.45) is 0 Å². The Kier molecular flexibility index (Phi) is 7.22. The van der Waals surface area contributed by atoms with E-state index in [9.17, 15) is 9.59 Å². The van der Waals surface area contributed by atoms with Crippen LogP contribution in [0.25, 0.3) is 0 Å². The molecule has 110 valence electrons. The Morgan fingerprint density at radius 3 is 2.60 bits per heavy atom. The molecule has 0 bridgehead atoms. The molecule has 0 saturated carbocycles. The van der Waals surface area contributed by atoms with Gasteiger partial charge in [-0.15, -0.1) is 0 Å². The van der Waals surface area contributed by atoms with E-state index < -0.39 is 11.8 Å². The lowest BCUT2D eigenvalue weighted by molar-refractivity contribution is -0.121. The standard InChI is InChI=1S/C14H19ClN2O3/c1-2-7-17(8-9-18)10-13(19)16-14(20)11-5-3-4-6-12(11)15/h3-6,18H,2,7-10H2,1H3,(H,16,19,20). The molecular formula is C14H19ClN2O3. The number of imide groups is 1. The van der Waals surface area contributed by atoms with Crippen molar-refractivity contribution >= 4 is 23.4 Å². The van der Waals surface area contributed by atoms with E-state index in [0.29, 0.717) is 18.1 Å². The number of amides is 2.